The van der Waals surface area contributed by atoms with E-state index in [0.717, 1.165) is 17.0 Å². The monoisotopic (exact) mass is 389 g/mol. The minimum atomic E-state index is -4.09. The molecule has 1 N–H and O–H groups in total. The van der Waals surface area contributed by atoms with Gasteiger partial charge >= 0.3 is 0 Å². The van der Waals surface area contributed by atoms with E-state index in [1.807, 2.05) is 0 Å². The van der Waals surface area contributed by atoms with E-state index in [9.17, 15) is 28.1 Å². The van der Waals surface area contributed by atoms with Crippen molar-refractivity contribution in [3.8, 4) is 0 Å². The standard InChI is InChI=1S/C17H15N3O6S/c21-16-12-6-1-2-7-13(12)17(22)19(16)11-5-10-18-27(25,26)15-9-4-3-8-14(15)20(23)24/h1-4,6-9,18H,5,10-11H2. The van der Waals surface area contributed by atoms with E-state index in [-0.39, 0.29) is 19.5 Å². The van der Waals surface area contributed by atoms with Crippen molar-refractivity contribution in [2.75, 3.05) is 13.1 Å². The Labute approximate surface area is 154 Å². The highest BCUT2D eigenvalue weighted by Crippen LogP contribution is 2.23. The number of fused-ring (bicyclic) bond motifs is 1. The summed E-state index contributed by atoms with van der Waals surface area (Å²) in [6.45, 7) is -0.0481. The lowest BCUT2D eigenvalue weighted by molar-refractivity contribution is -0.387. The number of amides is 2. The molecule has 2 amide bonds. The van der Waals surface area contributed by atoms with Crippen LogP contribution in [0.4, 0.5) is 5.69 Å². The summed E-state index contributed by atoms with van der Waals surface area (Å²) in [5.41, 5.74) is 0.122. The van der Waals surface area contributed by atoms with Gasteiger partial charge in [0, 0.05) is 19.2 Å². The second kappa shape index (κ2) is 7.25. The van der Waals surface area contributed by atoms with Gasteiger partial charge in [0.05, 0.1) is 16.1 Å². The molecule has 1 aliphatic rings. The van der Waals surface area contributed by atoms with Gasteiger partial charge in [0.1, 0.15) is 0 Å². The van der Waals surface area contributed by atoms with Crippen LogP contribution in [-0.4, -0.2) is 43.1 Å². The van der Waals surface area contributed by atoms with E-state index in [4.69, 9.17) is 0 Å². The summed E-state index contributed by atoms with van der Waals surface area (Å²) in [6.07, 6.45) is 0.172. The van der Waals surface area contributed by atoms with Crippen LogP contribution in [0.3, 0.4) is 0 Å². The highest BCUT2D eigenvalue weighted by atomic mass is 32.2. The van der Waals surface area contributed by atoms with Gasteiger partial charge in [0.2, 0.25) is 10.0 Å². The molecule has 0 fully saturated rings. The summed E-state index contributed by atoms with van der Waals surface area (Å²) in [5, 5.41) is 11.0. The first-order valence-corrected chi connectivity index (χ1v) is 9.49. The molecular weight excluding hydrogens is 374 g/mol. The summed E-state index contributed by atoms with van der Waals surface area (Å²) >= 11 is 0. The quantitative estimate of drug-likeness (QED) is 0.331. The van der Waals surface area contributed by atoms with Crippen LogP contribution < -0.4 is 4.72 Å². The number of hydrogen-bond acceptors (Lipinski definition) is 6. The van der Waals surface area contributed by atoms with Crippen molar-refractivity contribution in [3.05, 3.63) is 69.8 Å². The summed E-state index contributed by atoms with van der Waals surface area (Å²) in [7, 11) is -4.09. The molecule has 0 unspecified atom stereocenters. The molecule has 0 radical (unpaired) electrons. The third-order valence-electron chi connectivity index (χ3n) is 4.08. The fourth-order valence-electron chi connectivity index (χ4n) is 2.80. The van der Waals surface area contributed by atoms with Crippen molar-refractivity contribution in [3.63, 3.8) is 0 Å². The Kier molecular flexibility index (Phi) is 5.02. The number of benzene rings is 2. The highest BCUT2D eigenvalue weighted by molar-refractivity contribution is 7.89. The molecule has 0 saturated carbocycles. The second-order valence-electron chi connectivity index (χ2n) is 5.78. The zero-order valence-corrected chi connectivity index (χ0v) is 14.8. The zero-order valence-electron chi connectivity index (χ0n) is 14.0. The summed E-state index contributed by atoms with van der Waals surface area (Å²) in [5.74, 6) is -0.839. The second-order valence-corrected chi connectivity index (χ2v) is 7.52. The van der Waals surface area contributed by atoms with Crippen molar-refractivity contribution in [2.24, 2.45) is 0 Å². The number of nitrogens with one attached hydrogen (secondary N) is 1. The van der Waals surface area contributed by atoms with E-state index in [1.165, 1.54) is 12.1 Å². The number of carbonyl (C=O) groups is 2. The lowest BCUT2D eigenvalue weighted by Gasteiger charge is -2.14. The number of rotatable bonds is 7. The van der Waals surface area contributed by atoms with Crippen LogP contribution in [0.5, 0.6) is 0 Å². The van der Waals surface area contributed by atoms with Crippen LogP contribution in [0.1, 0.15) is 27.1 Å². The molecule has 1 aliphatic heterocycles. The first-order chi connectivity index (χ1) is 12.8. The summed E-state index contributed by atoms with van der Waals surface area (Å²) in [4.78, 5) is 35.3. The Morgan fingerprint density at radius 1 is 0.963 bits per heavy atom. The summed E-state index contributed by atoms with van der Waals surface area (Å²) in [6, 6.07) is 11.5. The predicted molar refractivity (Wildman–Crippen MR) is 94.7 cm³/mol. The number of para-hydroxylation sites is 1. The zero-order chi connectivity index (χ0) is 19.6. The normalized spacial score (nSPS) is 13.7. The number of nitro groups is 1. The molecule has 1 heterocycles. The van der Waals surface area contributed by atoms with E-state index in [1.54, 1.807) is 24.3 Å². The maximum atomic E-state index is 12.3. The van der Waals surface area contributed by atoms with Gasteiger partial charge in [0.25, 0.3) is 17.5 Å². The number of imide groups is 1. The topological polar surface area (TPSA) is 127 Å². The highest BCUT2D eigenvalue weighted by Gasteiger charge is 2.34. The number of nitrogens with zero attached hydrogens (tertiary/aromatic N) is 2. The molecule has 2 aromatic rings. The maximum absolute atomic E-state index is 12.3. The molecule has 0 saturated heterocycles. The molecule has 0 bridgehead atoms. The molecule has 0 aromatic heterocycles. The lowest BCUT2D eigenvalue weighted by Crippen LogP contribution is -2.33. The summed E-state index contributed by atoms with van der Waals surface area (Å²) < 4.78 is 26.9. The Morgan fingerprint density at radius 2 is 1.52 bits per heavy atom. The smallest absolute Gasteiger partial charge is 0.274 e. The molecule has 0 spiro atoms. The molecule has 3 rings (SSSR count). The van der Waals surface area contributed by atoms with Crippen molar-refractivity contribution >= 4 is 27.5 Å². The number of carbonyl (C=O) groups excluding carboxylic acids is 2. The van der Waals surface area contributed by atoms with Gasteiger partial charge in [0.15, 0.2) is 4.90 Å². The lowest BCUT2D eigenvalue weighted by atomic mass is 10.1. The molecular formula is C17H15N3O6S. The fourth-order valence-corrected chi connectivity index (χ4v) is 4.04. The average molecular weight is 389 g/mol. The molecule has 0 atom stereocenters. The number of hydrogen-bond donors (Lipinski definition) is 1. The predicted octanol–water partition coefficient (Wildman–Crippen LogP) is 1.56. The third kappa shape index (κ3) is 3.57. The Morgan fingerprint density at radius 3 is 2.11 bits per heavy atom. The van der Waals surface area contributed by atoms with Crippen molar-refractivity contribution in [1.29, 1.82) is 0 Å². The van der Waals surface area contributed by atoms with Crippen LogP contribution in [0.2, 0.25) is 0 Å². The van der Waals surface area contributed by atoms with E-state index in [2.05, 4.69) is 4.72 Å². The molecule has 0 aliphatic carbocycles. The van der Waals surface area contributed by atoms with Gasteiger partial charge in [-0.05, 0) is 24.6 Å². The van der Waals surface area contributed by atoms with Gasteiger partial charge in [-0.1, -0.05) is 24.3 Å². The molecule has 10 heteroatoms. The molecule has 27 heavy (non-hydrogen) atoms. The minimum Gasteiger partial charge on any atom is -0.274 e. The Hall–Kier alpha value is -3.11. The fraction of sp³-hybridized carbons (Fsp3) is 0.176. The van der Waals surface area contributed by atoms with Gasteiger partial charge in [-0.15, -0.1) is 0 Å². The number of nitro benzene ring substituents is 1. The first-order valence-electron chi connectivity index (χ1n) is 8.01. The Balaban J connectivity index is 1.62. The van der Waals surface area contributed by atoms with Gasteiger partial charge in [-0.2, -0.15) is 0 Å². The Bertz CT molecular complexity index is 999. The van der Waals surface area contributed by atoms with Crippen molar-refractivity contribution in [1.82, 2.24) is 9.62 Å². The first kappa shape index (κ1) is 18.7. The maximum Gasteiger partial charge on any atom is 0.289 e. The van der Waals surface area contributed by atoms with Gasteiger partial charge < -0.3 is 0 Å². The third-order valence-corrected chi connectivity index (χ3v) is 5.59. The SMILES string of the molecule is O=C1c2ccccc2C(=O)N1CCCNS(=O)(=O)c1ccccc1[N+](=O)[O-]. The molecule has 2 aromatic carbocycles. The van der Waals surface area contributed by atoms with Crippen LogP contribution in [0, 0.1) is 10.1 Å². The van der Waals surface area contributed by atoms with Gasteiger partial charge in [-0.25, -0.2) is 13.1 Å². The van der Waals surface area contributed by atoms with Crippen LogP contribution >= 0.6 is 0 Å². The largest absolute Gasteiger partial charge is 0.289 e. The molecule has 9 nitrogen and oxygen atoms in total. The van der Waals surface area contributed by atoms with Gasteiger partial charge in [-0.3, -0.25) is 24.6 Å². The van der Waals surface area contributed by atoms with Crippen LogP contribution in [-0.2, 0) is 10.0 Å². The van der Waals surface area contributed by atoms with Crippen LogP contribution in [0.25, 0.3) is 0 Å². The van der Waals surface area contributed by atoms with E-state index < -0.39 is 37.3 Å². The van der Waals surface area contributed by atoms with Crippen LogP contribution in [0.15, 0.2) is 53.4 Å². The average Bonchev–Trinajstić information content (AvgIpc) is 2.90. The van der Waals surface area contributed by atoms with E-state index in [0.29, 0.717) is 11.1 Å². The van der Waals surface area contributed by atoms with Crippen molar-refractivity contribution in [2.45, 2.75) is 11.3 Å². The van der Waals surface area contributed by atoms with E-state index >= 15 is 0 Å². The minimum absolute atomic E-state index is 0.0335. The number of sulfonamides is 1. The molecule has 140 valence electrons. The van der Waals surface area contributed by atoms with Crippen molar-refractivity contribution < 1.29 is 22.9 Å².